The summed E-state index contributed by atoms with van der Waals surface area (Å²) in [5.74, 6) is -1.13. The number of carboxylic acid groups (broad SMARTS) is 1. The van der Waals surface area contributed by atoms with Crippen molar-refractivity contribution in [2.45, 2.75) is 19.1 Å². The van der Waals surface area contributed by atoms with E-state index in [2.05, 4.69) is 27.6 Å². The quantitative estimate of drug-likeness (QED) is 0.454. The second-order valence-electron chi connectivity index (χ2n) is 3.68. The minimum atomic E-state index is -1.28. The van der Waals surface area contributed by atoms with Crippen LogP contribution < -0.4 is 34.7 Å². The molecule has 1 aromatic carbocycles. The van der Waals surface area contributed by atoms with Crippen molar-refractivity contribution in [3.05, 3.63) is 27.3 Å². The maximum atomic E-state index is 10.8. The van der Waals surface area contributed by atoms with Crippen molar-refractivity contribution in [3.63, 3.8) is 0 Å². The molecule has 18 heavy (non-hydrogen) atoms. The zero-order valence-electron chi connectivity index (χ0n) is 9.88. The number of hydrogen-bond donors (Lipinski definition) is 1. The summed E-state index contributed by atoms with van der Waals surface area (Å²) in [6, 6.07) is 3.95. The number of nitrogens with zero attached hydrogens (tertiary/aromatic N) is 1. The van der Waals surface area contributed by atoms with E-state index in [0.29, 0.717) is 5.56 Å². The van der Waals surface area contributed by atoms with Gasteiger partial charge in [0.05, 0.1) is 11.5 Å². The Labute approximate surface area is 140 Å². The van der Waals surface area contributed by atoms with Gasteiger partial charge in [0.15, 0.2) is 0 Å². The van der Waals surface area contributed by atoms with Crippen molar-refractivity contribution >= 4 is 34.5 Å². The summed E-state index contributed by atoms with van der Waals surface area (Å²) in [4.78, 5) is 14.7. The third-order valence-electron chi connectivity index (χ3n) is 2.43. The van der Waals surface area contributed by atoms with Crippen LogP contribution in [0, 0.1) is 3.57 Å². The Morgan fingerprint density at radius 1 is 1.56 bits per heavy atom. The van der Waals surface area contributed by atoms with E-state index in [-0.39, 0.29) is 41.2 Å². The van der Waals surface area contributed by atoms with Gasteiger partial charge < -0.3 is 19.7 Å². The van der Waals surface area contributed by atoms with Gasteiger partial charge >= 0.3 is 29.6 Å². The van der Waals surface area contributed by atoms with Gasteiger partial charge in [-0.2, -0.15) is 0 Å². The van der Waals surface area contributed by atoms with E-state index in [1.807, 2.05) is 0 Å². The second-order valence-corrected chi connectivity index (χ2v) is 4.93. The summed E-state index contributed by atoms with van der Waals surface area (Å²) >= 11 is 2.06. The van der Waals surface area contributed by atoms with E-state index in [0.717, 1.165) is 3.57 Å². The molecule has 0 amide bonds. The maximum absolute atomic E-state index is 10.8. The summed E-state index contributed by atoms with van der Waals surface area (Å²) in [5.41, 5.74) is 0.390. The number of ether oxygens (including phenoxy) is 1. The number of carboxylic acids is 1. The molecule has 5 nitrogen and oxygen atoms in total. The van der Waals surface area contributed by atoms with E-state index < -0.39 is 18.1 Å². The van der Waals surface area contributed by atoms with Gasteiger partial charge in [0.1, 0.15) is 17.9 Å². The van der Waals surface area contributed by atoms with Gasteiger partial charge in [-0.25, -0.2) is 4.99 Å². The van der Waals surface area contributed by atoms with E-state index in [1.165, 1.54) is 0 Å². The predicted octanol–water partition coefficient (Wildman–Crippen LogP) is -2.72. The van der Waals surface area contributed by atoms with Crippen molar-refractivity contribution in [3.8, 4) is 5.75 Å². The third kappa shape index (κ3) is 3.17. The van der Waals surface area contributed by atoms with Crippen LogP contribution in [0.3, 0.4) is 0 Å². The Kier molecular flexibility index (Phi) is 5.45. The van der Waals surface area contributed by atoms with Crippen LogP contribution in [-0.2, 0) is 9.53 Å². The largest absolute Gasteiger partial charge is 1.00 e. The van der Waals surface area contributed by atoms with Crippen LogP contribution in [0.25, 0.3) is 0 Å². The molecule has 1 aliphatic heterocycles. The van der Waals surface area contributed by atoms with Crippen molar-refractivity contribution in [1.82, 2.24) is 0 Å². The van der Waals surface area contributed by atoms with Crippen LogP contribution in [0.1, 0.15) is 12.5 Å². The normalized spacial score (nSPS) is 21.8. The molecule has 2 atom stereocenters. The minimum Gasteiger partial charge on any atom is -0.548 e. The monoisotopic (exact) mass is 369 g/mol. The van der Waals surface area contributed by atoms with Crippen LogP contribution in [0.2, 0.25) is 0 Å². The molecular formula is C11H9INNaO4. The molecule has 90 valence electrons. The van der Waals surface area contributed by atoms with E-state index in [9.17, 15) is 15.0 Å². The number of hydrogen-bond acceptors (Lipinski definition) is 5. The van der Waals surface area contributed by atoms with E-state index in [1.54, 1.807) is 25.1 Å². The fourth-order valence-electron chi connectivity index (χ4n) is 1.57. The fraction of sp³-hybridized carbons (Fsp3) is 0.273. The van der Waals surface area contributed by atoms with Gasteiger partial charge in [0.2, 0.25) is 5.90 Å². The molecule has 0 fully saturated rings. The second kappa shape index (κ2) is 6.23. The minimum absolute atomic E-state index is 0. The van der Waals surface area contributed by atoms with Gasteiger partial charge in [-0.3, -0.25) is 0 Å². The van der Waals surface area contributed by atoms with Crippen molar-refractivity contribution in [2.75, 3.05) is 0 Å². The Bertz CT molecular complexity index is 506. The molecule has 0 aromatic heterocycles. The van der Waals surface area contributed by atoms with Crippen LogP contribution in [0.4, 0.5) is 0 Å². The predicted molar refractivity (Wildman–Crippen MR) is 66.7 cm³/mol. The number of carbonyl (C=O) groups excluding carboxylic acids is 1. The van der Waals surface area contributed by atoms with Crippen LogP contribution >= 0.6 is 22.6 Å². The molecule has 1 heterocycles. The number of phenols is 1. The Morgan fingerprint density at radius 2 is 2.22 bits per heavy atom. The molecule has 0 spiro atoms. The molecule has 1 aliphatic rings. The third-order valence-corrected chi connectivity index (χ3v) is 3.10. The first-order valence-corrected chi connectivity index (χ1v) is 6.01. The van der Waals surface area contributed by atoms with Crippen molar-refractivity contribution in [1.29, 1.82) is 0 Å². The molecule has 0 radical (unpaired) electrons. The van der Waals surface area contributed by atoms with Gasteiger partial charge in [-0.05, 0) is 47.7 Å². The SMILES string of the molecule is C[C@@H]1OC(c2ccc(I)cc2O)=N[C@H]1C(=O)[O-].[Na+]. The van der Waals surface area contributed by atoms with Gasteiger partial charge in [0, 0.05) is 3.57 Å². The zero-order chi connectivity index (χ0) is 12.6. The molecule has 0 saturated carbocycles. The van der Waals surface area contributed by atoms with Crippen molar-refractivity contribution < 1.29 is 49.3 Å². The van der Waals surface area contributed by atoms with Crippen LogP contribution in [0.5, 0.6) is 5.75 Å². The number of halogens is 1. The smallest absolute Gasteiger partial charge is 0.548 e. The Morgan fingerprint density at radius 3 is 2.72 bits per heavy atom. The zero-order valence-corrected chi connectivity index (χ0v) is 14.0. The molecule has 0 bridgehead atoms. The Hall–Kier alpha value is -0.310. The number of aliphatic carboxylic acids is 1. The summed E-state index contributed by atoms with van der Waals surface area (Å²) in [6.45, 7) is 1.60. The molecule has 0 aliphatic carbocycles. The van der Waals surface area contributed by atoms with Gasteiger partial charge in [-0.1, -0.05) is 0 Å². The number of phenolic OH excluding ortho intramolecular Hbond substituents is 1. The number of aromatic hydroxyl groups is 1. The number of rotatable bonds is 2. The standard InChI is InChI=1S/C11H10INO4.Na/c1-5-9(11(15)16)13-10(17-5)7-3-2-6(12)4-8(7)14;/h2-5,9,14H,1H3,(H,15,16);/q;+1/p-1/t5-,9+;/m0./s1. The molecule has 2 rings (SSSR count). The summed E-state index contributed by atoms with van der Waals surface area (Å²) in [6.07, 6.45) is -0.589. The van der Waals surface area contributed by atoms with Crippen LogP contribution in [-0.4, -0.2) is 29.1 Å². The average molecular weight is 369 g/mol. The molecular weight excluding hydrogens is 360 g/mol. The van der Waals surface area contributed by atoms with E-state index >= 15 is 0 Å². The maximum Gasteiger partial charge on any atom is 1.00 e. The molecule has 0 saturated heterocycles. The summed E-state index contributed by atoms with van der Waals surface area (Å²) in [7, 11) is 0. The van der Waals surface area contributed by atoms with Crippen LogP contribution in [0.15, 0.2) is 23.2 Å². The van der Waals surface area contributed by atoms with Gasteiger partial charge in [-0.15, -0.1) is 0 Å². The first-order chi connectivity index (χ1) is 7.99. The number of carbonyl (C=O) groups is 1. The first kappa shape index (κ1) is 15.7. The number of benzene rings is 1. The first-order valence-electron chi connectivity index (χ1n) is 4.93. The summed E-state index contributed by atoms with van der Waals surface area (Å²) in [5, 5.41) is 20.5. The molecule has 1 aromatic rings. The molecule has 1 N–H and O–H groups in total. The van der Waals surface area contributed by atoms with Crippen molar-refractivity contribution in [2.24, 2.45) is 4.99 Å². The fourth-order valence-corrected chi connectivity index (χ4v) is 2.04. The number of aliphatic imine (C=N–C) groups is 1. The Balaban J connectivity index is 0.00000162. The molecule has 0 unspecified atom stereocenters. The van der Waals surface area contributed by atoms with Gasteiger partial charge in [0.25, 0.3) is 0 Å². The summed E-state index contributed by atoms with van der Waals surface area (Å²) < 4.78 is 6.18. The topological polar surface area (TPSA) is 82.0 Å². The average Bonchev–Trinajstić information content (AvgIpc) is 2.60. The van der Waals surface area contributed by atoms with E-state index in [4.69, 9.17) is 4.74 Å². The molecule has 7 heteroatoms.